The SMILES string of the molecule is BrC(Br)(Br)c1nc(Sc2ccccc2)nc(C(Br)(Br)Br)n1. The molecule has 112 valence electrons. The van der Waals surface area contributed by atoms with E-state index in [4.69, 9.17) is 0 Å². The second-order valence-corrected chi connectivity index (χ2v) is 18.2. The summed E-state index contributed by atoms with van der Waals surface area (Å²) in [6.07, 6.45) is 0. The van der Waals surface area contributed by atoms with Crippen molar-refractivity contribution in [3.63, 3.8) is 0 Å². The lowest BCUT2D eigenvalue weighted by Crippen LogP contribution is -2.15. The molecule has 0 amide bonds. The van der Waals surface area contributed by atoms with Crippen molar-refractivity contribution in [1.29, 1.82) is 0 Å². The van der Waals surface area contributed by atoms with Gasteiger partial charge in [0.1, 0.15) is 0 Å². The second-order valence-electron chi connectivity index (χ2n) is 3.68. The van der Waals surface area contributed by atoms with E-state index in [1.165, 1.54) is 11.8 Å². The van der Waals surface area contributed by atoms with Crippen LogP contribution in [0.5, 0.6) is 0 Å². The molecular weight excluding hydrogens is 686 g/mol. The first-order valence-corrected chi connectivity index (χ1v) is 10.9. The fourth-order valence-electron chi connectivity index (χ4n) is 1.25. The summed E-state index contributed by atoms with van der Waals surface area (Å²) in [5.74, 6) is 1.02. The van der Waals surface area contributed by atoms with Gasteiger partial charge in [0, 0.05) is 4.90 Å². The Bertz CT molecular complexity index is 594. The summed E-state index contributed by atoms with van der Waals surface area (Å²) in [6, 6.07) is 9.91. The van der Waals surface area contributed by atoms with Crippen molar-refractivity contribution in [2.45, 2.75) is 14.3 Å². The first-order chi connectivity index (χ1) is 9.66. The zero-order valence-electron chi connectivity index (χ0n) is 9.90. The third-order valence-corrected chi connectivity index (χ3v) is 5.08. The first kappa shape index (κ1) is 18.8. The van der Waals surface area contributed by atoms with Gasteiger partial charge in [-0.25, -0.2) is 15.0 Å². The first-order valence-electron chi connectivity index (χ1n) is 5.29. The predicted octanol–water partition coefficient (Wildman–Crippen LogP) is 6.61. The van der Waals surface area contributed by atoms with E-state index < -0.39 is 4.29 Å². The third kappa shape index (κ3) is 5.79. The van der Waals surface area contributed by atoms with Crippen LogP contribution in [0.15, 0.2) is 40.4 Å². The monoisotopic (exact) mass is 685 g/mol. The Balaban J connectivity index is 2.45. The van der Waals surface area contributed by atoms with Crippen LogP contribution in [0, 0.1) is 0 Å². The van der Waals surface area contributed by atoms with Crippen LogP contribution in [0.3, 0.4) is 0 Å². The molecule has 0 aliphatic rings. The zero-order valence-corrected chi connectivity index (χ0v) is 20.2. The van der Waals surface area contributed by atoms with Gasteiger partial charge in [-0.15, -0.1) is 0 Å². The van der Waals surface area contributed by atoms with Crippen molar-refractivity contribution in [3.05, 3.63) is 42.0 Å². The molecule has 0 saturated heterocycles. The number of aromatic nitrogens is 3. The molecule has 0 radical (unpaired) electrons. The summed E-state index contributed by atoms with van der Waals surface area (Å²) in [4.78, 5) is 14.4. The summed E-state index contributed by atoms with van der Waals surface area (Å²) < 4.78 is -1.43. The molecule has 0 unspecified atom stereocenters. The highest BCUT2D eigenvalue weighted by Gasteiger charge is 2.31. The van der Waals surface area contributed by atoms with E-state index in [0.29, 0.717) is 16.8 Å². The van der Waals surface area contributed by atoms with E-state index in [9.17, 15) is 0 Å². The summed E-state index contributed by atoms with van der Waals surface area (Å²) in [5.41, 5.74) is 0. The van der Waals surface area contributed by atoms with Gasteiger partial charge in [-0.05, 0) is 23.9 Å². The van der Waals surface area contributed by atoms with Gasteiger partial charge in [0.15, 0.2) is 21.1 Å². The van der Waals surface area contributed by atoms with Crippen LogP contribution in [0.1, 0.15) is 11.6 Å². The van der Waals surface area contributed by atoms with Crippen molar-refractivity contribution in [2.24, 2.45) is 0 Å². The van der Waals surface area contributed by atoms with Gasteiger partial charge in [0.25, 0.3) is 0 Å². The molecule has 0 atom stereocenters. The Morgan fingerprint density at radius 3 is 1.62 bits per heavy atom. The Hall–Kier alpha value is 1.46. The van der Waals surface area contributed by atoms with Crippen LogP contribution in [0.25, 0.3) is 0 Å². The van der Waals surface area contributed by atoms with Gasteiger partial charge < -0.3 is 0 Å². The van der Waals surface area contributed by atoms with Gasteiger partial charge in [-0.3, -0.25) is 0 Å². The molecule has 0 fully saturated rings. The summed E-state index contributed by atoms with van der Waals surface area (Å²) in [5, 5.41) is 0.589. The lowest BCUT2D eigenvalue weighted by atomic mass is 10.4. The maximum atomic E-state index is 4.45. The molecule has 0 N–H and O–H groups in total. The highest BCUT2D eigenvalue weighted by Crippen LogP contribution is 2.46. The maximum Gasteiger partial charge on any atom is 0.196 e. The lowest BCUT2D eigenvalue weighted by Gasteiger charge is -2.16. The maximum absolute atomic E-state index is 4.45. The highest BCUT2D eigenvalue weighted by molar-refractivity contribution is 9.39. The summed E-state index contributed by atoms with van der Waals surface area (Å²) in [7, 11) is 0. The van der Waals surface area contributed by atoms with Crippen LogP contribution >= 0.6 is 107 Å². The fourth-order valence-corrected chi connectivity index (χ4v) is 3.08. The standard InChI is InChI=1S/C11H5Br6N3S/c12-10(13,14)7-18-8(11(15,16)17)20-9(19-7)21-6-4-2-1-3-5-6/h1-5H. The van der Waals surface area contributed by atoms with Crippen molar-refractivity contribution in [2.75, 3.05) is 0 Å². The quantitative estimate of drug-likeness (QED) is 0.333. The Morgan fingerprint density at radius 1 is 0.714 bits per heavy atom. The minimum atomic E-state index is -0.713. The van der Waals surface area contributed by atoms with Gasteiger partial charge in [0.05, 0.1) is 0 Å². The molecule has 2 rings (SSSR count). The van der Waals surface area contributed by atoms with Gasteiger partial charge in [-0.1, -0.05) is 114 Å². The number of hydrogen-bond donors (Lipinski definition) is 0. The van der Waals surface area contributed by atoms with E-state index in [1.807, 2.05) is 30.3 Å². The highest BCUT2D eigenvalue weighted by atomic mass is 80.0. The molecule has 0 aliphatic carbocycles. The van der Waals surface area contributed by atoms with Gasteiger partial charge in [0.2, 0.25) is 0 Å². The van der Waals surface area contributed by atoms with E-state index in [2.05, 4.69) is 111 Å². The molecule has 2 aromatic rings. The van der Waals surface area contributed by atoms with Crippen LogP contribution in [-0.2, 0) is 4.29 Å². The van der Waals surface area contributed by atoms with Crippen molar-refractivity contribution in [1.82, 2.24) is 15.0 Å². The van der Waals surface area contributed by atoms with Crippen LogP contribution in [-0.4, -0.2) is 15.0 Å². The second kappa shape index (κ2) is 7.57. The predicted molar refractivity (Wildman–Crippen MR) is 107 cm³/mol. The number of halogens is 6. The molecule has 3 nitrogen and oxygen atoms in total. The van der Waals surface area contributed by atoms with Gasteiger partial charge in [-0.2, -0.15) is 0 Å². The molecular formula is C11H5Br6N3S. The third-order valence-electron chi connectivity index (χ3n) is 2.07. The van der Waals surface area contributed by atoms with Crippen LogP contribution in [0.4, 0.5) is 0 Å². The summed E-state index contributed by atoms with van der Waals surface area (Å²) in [6.45, 7) is 0. The van der Waals surface area contributed by atoms with Crippen molar-refractivity contribution in [3.8, 4) is 0 Å². The normalized spacial score (nSPS) is 12.5. The zero-order chi connectivity index (χ0) is 15.7. The van der Waals surface area contributed by atoms with Crippen LogP contribution < -0.4 is 0 Å². The fraction of sp³-hybridized carbons (Fsp3) is 0.182. The van der Waals surface area contributed by atoms with E-state index in [0.717, 1.165) is 4.90 Å². The minimum Gasteiger partial charge on any atom is -0.211 e. The average molecular weight is 691 g/mol. The Morgan fingerprint density at radius 2 is 1.19 bits per heavy atom. The van der Waals surface area contributed by atoms with E-state index >= 15 is 0 Å². The lowest BCUT2D eigenvalue weighted by molar-refractivity contribution is 0.796. The molecule has 10 heteroatoms. The average Bonchev–Trinajstić information content (AvgIpc) is 2.37. The molecule has 1 heterocycles. The molecule has 21 heavy (non-hydrogen) atoms. The van der Waals surface area contributed by atoms with Crippen LogP contribution in [0.2, 0.25) is 0 Å². The number of alkyl halides is 6. The topological polar surface area (TPSA) is 38.7 Å². The molecule has 0 aliphatic heterocycles. The molecule has 0 bridgehead atoms. The smallest absolute Gasteiger partial charge is 0.196 e. The molecule has 1 aromatic heterocycles. The van der Waals surface area contributed by atoms with E-state index in [1.54, 1.807) is 0 Å². The Kier molecular flexibility index (Phi) is 6.77. The number of rotatable bonds is 2. The summed E-state index contributed by atoms with van der Waals surface area (Å²) >= 11 is 22.1. The number of nitrogens with zero attached hydrogens (tertiary/aromatic N) is 3. The Labute approximate surface area is 176 Å². The van der Waals surface area contributed by atoms with E-state index in [-0.39, 0.29) is 0 Å². The minimum absolute atomic E-state index is 0.508. The van der Waals surface area contributed by atoms with Crippen molar-refractivity contribution < 1.29 is 0 Å². The largest absolute Gasteiger partial charge is 0.211 e. The molecule has 1 aromatic carbocycles. The van der Waals surface area contributed by atoms with Gasteiger partial charge >= 0.3 is 0 Å². The van der Waals surface area contributed by atoms with Crippen molar-refractivity contribution >= 4 is 107 Å². The number of hydrogen-bond acceptors (Lipinski definition) is 4. The molecule has 0 spiro atoms. The molecule has 0 saturated carbocycles. The number of benzene rings is 1.